The van der Waals surface area contributed by atoms with E-state index in [-0.39, 0.29) is 11.2 Å². The van der Waals surface area contributed by atoms with E-state index in [0.717, 1.165) is 28.9 Å². The molecule has 1 aromatic carbocycles. The van der Waals surface area contributed by atoms with Gasteiger partial charge in [-0.3, -0.25) is 4.79 Å². The third-order valence-electron chi connectivity index (χ3n) is 4.04. The van der Waals surface area contributed by atoms with Gasteiger partial charge in [0.05, 0.1) is 11.6 Å². The molecule has 0 unspecified atom stereocenters. The van der Waals surface area contributed by atoms with Gasteiger partial charge in [0.15, 0.2) is 5.58 Å². The van der Waals surface area contributed by atoms with Crippen molar-refractivity contribution < 1.29 is 9.52 Å². The average molecular weight is 313 g/mol. The van der Waals surface area contributed by atoms with Gasteiger partial charge in [-0.15, -0.1) is 11.3 Å². The Morgan fingerprint density at radius 3 is 2.91 bits per heavy atom. The van der Waals surface area contributed by atoms with E-state index in [1.54, 1.807) is 23.5 Å². The van der Waals surface area contributed by atoms with Crippen LogP contribution in [0.5, 0.6) is 5.75 Å². The molecule has 0 atom stereocenters. The van der Waals surface area contributed by atoms with Crippen molar-refractivity contribution >= 4 is 38.1 Å². The van der Waals surface area contributed by atoms with Crippen LogP contribution >= 0.6 is 11.3 Å². The third kappa shape index (κ3) is 1.72. The lowest BCUT2D eigenvalue weighted by molar-refractivity contribution is 0.467. The predicted octanol–water partition coefficient (Wildman–Crippen LogP) is 4.23. The number of rotatable bonds is 2. The summed E-state index contributed by atoms with van der Waals surface area (Å²) in [6.07, 6.45) is 3.49. The molecule has 0 fully saturated rings. The molecule has 4 aromatic rings. The highest BCUT2D eigenvalue weighted by Gasteiger charge is 2.16. The van der Waals surface area contributed by atoms with Crippen molar-refractivity contribution in [2.75, 3.05) is 0 Å². The van der Waals surface area contributed by atoms with Crippen LogP contribution in [-0.4, -0.2) is 9.51 Å². The minimum Gasteiger partial charge on any atom is -0.508 e. The maximum absolute atomic E-state index is 12.9. The molecule has 0 aliphatic carbocycles. The minimum absolute atomic E-state index is 0.0297. The van der Waals surface area contributed by atoms with Gasteiger partial charge in [0.1, 0.15) is 21.5 Å². The summed E-state index contributed by atoms with van der Waals surface area (Å²) in [5, 5.41) is 13.3. The molecule has 0 aliphatic rings. The van der Waals surface area contributed by atoms with Crippen molar-refractivity contribution in [3.63, 3.8) is 0 Å². The van der Waals surface area contributed by atoms with E-state index in [1.165, 1.54) is 0 Å². The van der Waals surface area contributed by atoms with Crippen LogP contribution in [0.3, 0.4) is 0 Å². The summed E-state index contributed by atoms with van der Waals surface area (Å²) in [5.41, 5.74) is 2.84. The number of aromatic hydroxyl groups is 1. The van der Waals surface area contributed by atoms with Crippen LogP contribution in [0.1, 0.15) is 24.6 Å². The van der Waals surface area contributed by atoms with Crippen molar-refractivity contribution in [1.82, 2.24) is 4.40 Å². The summed E-state index contributed by atoms with van der Waals surface area (Å²) in [6.45, 7) is 4.04. The number of benzene rings is 1. The van der Waals surface area contributed by atoms with Gasteiger partial charge in [0.25, 0.3) is 0 Å². The zero-order valence-corrected chi connectivity index (χ0v) is 13.2. The largest absolute Gasteiger partial charge is 0.508 e. The Hall–Kier alpha value is -2.27. The number of hydrogen-bond donors (Lipinski definition) is 1. The maximum Gasteiger partial charge on any atom is 0.203 e. The van der Waals surface area contributed by atoms with Crippen molar-refractivity contribution in [2.24, 2.45) is 0 Å². The number of hydrogen-bond acceptors (Lipinski definition) is 4. The molecule has 0 saturated heterocycles. The van der Waals surface area contributed by atoms with Crippen molar-refractivity contribution in [1.29, 1.82) is 0 Å². The number of aromatic nitrogens is 1. The molecule has 5 heteroatoms. The highest BCUT2D eigenvalue weighted by Crippen LogP contribution is 2.31. The molecule has 0 saturated carbocycles. The molecule has 3 aromatic heterocycles. The lowest BCUT2D eigenvalue weighted by Crippen LogP contribution is -2.01. The molecule has 0 radical (unpaired) electrons. The molecule has 0 aliphatic heterocycles. The number of fused-ring (bicyclic) bond motifs is 4. The molecular weight excluding hydrogens is 298 g/mol. The van der Waals surface area contributed by atoms with Gasteiger partial charge in [-0.2, -0.15) is 0 Å². The molecule has 0 spiro atoms. The van der Waals surface area contributed by atoms with Crippen LogP contribution in [0.2, 0.25) is 0 Å². The normalized spacial score (nSPS) is 11.9. The van der Waals surface area contributed by atoms with E-state index in [9.17, 15) is 9.90 Å². The molecule has 3 heterocycles. The van der Waals surface area contributed by atoms with E-state index in [4.69, 9.17) is 4.42 Å². The second-order valence-corrected chi connectivity index (χ2v) is 6.44. The van der Waals surface area contributed by atoms with Gasteiger partial charge in [-0.1, -0.05) is 13.3 Å². The molecule has 0 bridgehead atoms. The van der Waals surface area contributed by atoms with Crippen LogP contribution < -0.4 is 5.43 Å². The van der Waals surface area contributed by atoms with Gasteiger partial charge in [-0.05, 0) is 25.0 Å². The summed E-state index contributed by atoms with van der Waals surface area (Å²) in [7, 11) is 0. The third-order valence-corrected chi connectivity index (χ3v) is 5.12. The summed E-state index contributed by atoms with van der Waals surface area (Å²) < 4.78 is 7.84. The monoisotopic (exact) mass is 313 g/mol. The number of nitrogens with zero attached hydrogens (tertiary/aromatic N) is 1. The standard InChI is InChI=1S/C17H15NO3S/c1-3-4-10-5-11-13(6-12(10)19)21-14-7-18-9(2)8-22-17(18)15(14)16(11)20/h5-8,19H,3-4H2,1-2H3. The quantitative estimate of drug-likeness (QED) is 0.602. The lowest BCUT2D eigenvalue weighted by Gasteiger charge is -2.05. The van der Waals surface area contributed by atoms with Gasteiger partial charge in [-0.25, -0.2) is 0 Å². The highest BCUT2D eigenvalue weighted by molar-refractivity contribution is 7.16. The van der Waals surface area contributed by atoms with E-state index >= 15 is 0 Å². The van der Waals surface area contributed by atoms with E-state index in [1.807, 2.05) is 29.8 Å². The topological polar surface area (TPSA) is 54.9 Å². The summed E-state index contributed by atoms with van der Waals surface area (Å²) in [4.78, 5) is 13.8. The molecule has 1 N–H and O–H groups in total. The van der Waals surface area contributed by atoms with Gasteiger partial charge in [0, 0.05) is 17.1 Å². The second-order valence-electron chi connectivity index (χ2n) is 5.58. The lowest BCUT2D eigenvalue weighted by atomic mass is 10.1. The van der Waals surface area contributed by atoms with E-state index in [0.29, 0.717) is 21.9 Å². The van der Waals surface area contributed by atoms with Crippen LogP contribution in [-0.2, 0) is 6.42 Å². The Balaban J connectivity index is 2.17. The van der Waals surface area contributed by atoms with Crippen molar-refractivity contribution in [3.05, 3.63) is 45.2 Å². The molecular formula is C17H15NO3S. The Labute approximate surface area is 130 Å². The first-order valence-electron chi connectivity index (χ1n) is 7.27. The molecule has 112 valence electrons. The fourth-order valence-corrected chi connectivity index (χ4v) is 3.94. The fraction of sp³-hybridized carbons (Fsp3) is 0.235. The smallest absolute Gasteiger partial charge is 0.203 e. The summed E-state index contributed by atoms with van der Waals surface area (Å²) >= 11 is 1.54. The zero-order valence-electron chi connectivity index (χ0n) is 12.3. The molecule has 4 rings (SSSR count). The first-order valence-corrected chi connectivity index (χ1v) is 8.15. The van der Waals surface area contributed by atoms with Gasteiger partial charge >= 0.3 is 0 Å². The van der Waals surface area contributed by atoms with Gasteiger partial charge in [0.2, 0.25) is 5.43 Å². The minimum atomic E-state index is -0.0297. The molecule has 22 heavy (non-hydrogen) atoms. The second kappa shape index (κ2) is 4.61. The fourth-order valence-electron chi connectivity index (χ4n) is 2.93. The van der Waals surface area contributed by atoms with Crippen LogP contribution in [0, 0.1) is 6.92 Å². The first-order chi connectivity index (χ1) is 10.6. The van der Waals surface area contributed by atoms with E-state index in [2.05, 4.69) is 0 Å². The van der Waals surface area contributed by atoms with Crippen LogP contribution in [0.15, 0.2) is 32.9 Å². The first kappa shape index (κ1) is 13.4. The van der Waals surface area contributed by atoms with Crippen molar-refractivity contribution in [2.45, 2.75) is 26.7 Å². The Morgan fingerprint density at radius 1 is 1.32 bits per heavy atom. The number of phenolic OH excluding ortho intramolecular Hbond substituents is 1. The van der Waals surface area contributed by atoms with Crippen LogP contribution in [0.25, 0.3) is 26.8 Å². The van der Waals surface area contributed by atoms with Crippen LogP contribution in [0.4, 0.5) is 0 Å². The molecule has 0 amide bonds. The highest BCUT2D eigenvalue weighted by atomic mass is 32.1. The SMILES string of the molecule is CCCc1cc2c(=O)c3c(cn4c(C)csc34)oc2cc1O. The summed E-state index contributed by atoms with van der Waals surface area (Å²) in [5.74, 6) is 0.189. The number of aryl methyl sites for hydroxylation is 2. The molecule has 4 nitrogen and oxygen atoms in total. The predicted molar refractivity (Wildman–Crippen MR) is 89.2 cm³/mol. The Kier molecular flexibility index (Phi) is 2.81. The van der Waals surface area contributed by atoms with Gasteiger partial charge < -0.3 is 13.9 Å². The number of phenols is 1. The van der Waals surface area contributed by atoms with E-state index < -0.39 is 0 Å². The zero-order chi connectivity index (χ0) is 15.4. The summed E-state index contributed by atoms with van der Waals surface area (Å²) in [6, 6.07) is 3.32. The maximum atomic E-state index is 12.9. The van der Waals surface area contributed by atoms with Crippen molar-refractivity contribution in [3.8, 4) is 5.75 Å². The number of thiazole rings is 1. The Morgan fingerprint density at radius 2 is 2.14 bits per heavy atom. The Bertz CT molecular complexity index is 1080. The average Bonchev–Trinajstić information content (AvgIpc) is 3.01.